The Labute approximate surface area is 148 Å². The number of nitrogens with zero attached hydrogens (tertiary/aromatic N) is 1. The van der Waals surface area contributed by atoms with Crippen LogP contribution in [0.5, 0.6) is 0 Å². The molecular weight excluding hydrogens is 347 g/mol. The standard InChI is InChI=1S/C18H18F3N3O2/c1-2-3-4-10-22-17(25)13-6-5-7-14(23-13)18(26)24-12-9-8-11(19)15(20)16(12)21/h5-9H,2-4,10H2,1H3,(H,22,25)(H,24,26). The molecule has 0 spiro atoms. The molecule has 5 nitrogen and oxygen atoms in total. The molecule has 2 aromatic rings. The van der Waals surface area contributed by atoms with Gasteiger partial charge >= 0.3 is 0 Å². The molecule has 0 radical (unpaired) electrons. The van der Waals surface area contributed by atoms with Crippen molar-refractivity contribution in [3.63, 3.8) is 0 Å². The number of hydrogen-bond donors (Lipinski definition) is 2. The van der Waals surface area contributed by atoms with Crippen molar-refractivity contribution in [1.29, 1.82) is 0 Å². The minimum Gasteiger partial charge on any atom is -0.351 e. The maximum atomic E-state index is 13.6. The highest BCUT2D eigenvalue weighted by molar-refractivity contribution is 6.03. The van der Waals surface area contributed by atoms with Gasteiger partial charge in [-0.3, -0.25) is 9.59 Å². The molecule has 0 bridgehead atoms. The van der Waals surface area contributed by atoms with Gasteiger partial charge in [-0.15, -0.1) is 0 Å². The summed E-state index contributed by atoms with van der Waals surface area (Å²) in [6.07, 6.45) is 2.83. The smallest absolute Gasteiger partial charge is 0.274 e. The fraction of sp³-hybridized carbons (Fsp3) is 0.278. The summed E-state index contributed by atoms with van der Waals surface area (Å²) in [4.78, 5) is 28.1. The largest absolute Gasteiger partial charge is 0.351 e. The molecule has 1 aromatic carbocycles. The molecule has 1 aromatic heterocycles. The second-order valence-corrected chi connectivity index (χ2v) is 5.55. The molecule has 2 amide bonds. The van der Waals surface area contributed by atoms with Crippen molar-refractivity contribution in [2.45, 2.75) is 26.2 Å². The highest BCUT2D eigenvalue weighted by Gasteiger charge is 2.17. The number of pyridine rings is 1. The number of benzene rings is 1. The molecule has 0 atom stereocenters. The van der Waals surface area contributed by atoms with Gasteiger partial charge in [-0.1, -0.05) is 25.8 Å². The van der Waals surface area contributed by atoms with Gasteiger partial charge < -0.3 is 10.6 Å². The average molecular weight is 365 g/mol. The second kappa shape index (κ2) is 8.98. The van der Waals surface area contributed by atoms with Gasteiger partial charge in [0.1, 0.15) is 11.4 Å². The van der Waals surface area contributed by atoms with Gasteiger partial charge in [-0.05, 0) is 30.7 Å². The quantitative estimate of drug-likeness (QED) is 0.581. The lowest BCUT2D eigenvalue weighted by Gasteiger charge is -2.08. The molecule has 0 saturated heterocycles. The Balaban J connectivity index is 2.08. The van der Waals surface area contributed by atoms with Crippen LogP contribution < -0.4 is 10.6 Å². The summed E-state index contributed by atoms with van der Waals surface area (Å²) in [5.74, 6) is -5.84. The Morgan fingerprint density at radius 1 is 0.962 bits per heavy atom. The highest BCUT2D eigenvalue weighted by atomic mass is 19.2. The van der Waals surface area contributed by atoms with E-state index < -0.39 is 35.0 Å². The van der Waals surface area contributed by atoms with Gasteiger partial charge in [-0.2, -0.15) is 0 Å². The predicted octanol–water partition coefficient (Wildman–Crippen LogP) is 3.67. The summed E-state index contributed by atoms with van der Waals surface area (Å²) in [5, 5.41) is 4.79. The first-order chi connectivity index (χ1) is 12.4. The number of anilines is 1. The average Bonchev–Trinajstić information content (AvgIpc) is 2.65. The van der Waals surface area contributed by atoms with Crippen LogP contribution in [0.4, 0.5) is 18.9 Å². The van der Waals surface area contributed by atoms with Crippen molar-refractivity contribution < 1.29 is 22.8 Å². The molecule has 0 aliphatic rings. The van der Waals surface area contributed by atoms with E-state index in [-0.39, 0.29) is 11.4 Å². The zero-order valence-electron chi connectivity index (χ0n) is 14.1. The van der Waals surface area contributed by atoms with Crippen molar-refractivity contribution in [3.8, 4) is 0 Å². The van der Waals surface area contributed by atoms with Crippen molar-refractivity contribution in [3.05, 3.63) is 59.2 Å². The van der Waals surface area contributed by atoms with Crippen LogP contribution in [0.15, 0.2) is 30.3 Å². The Morgan fingerprint density at radius 2 is 1.65 bits per heavy atom. The summed E-state index contributed by atoms with van der Waals surface area (Å²) in [5.41, 5.74) is -0.652. The normalized spacial score (nSPS) is 10.5. The van der Waals surface area contributed by atoms with Gasteiger partial charge in [-0.25, -0.2) is 18.2 Å². The van der Waals surface area contributed by atoms with E-state index in [1.54, 1.807) is 0 Å². The predicted molar refractivity (Wildman–Crippen MR) is 90.4 cm³/mol. The Hall–Kier alpha value is -2.90. The maximum Gasteiger partial charge on any atom is 0.274 e. The van der Waals surface area contributed by atoms with Gasteiger partial charge in [0.05, 0.1) is 5.69 Å². The van der Waals surface area contributed by atoms with Crippen LogP contribution in [0.25, 0.3) is 0 Å². The lowest BCUT2D eigenvalue weighted by molar-refractivity contribution is 0.0947. The monoisotopic (exact) mass is 365 g/mol. The summed E-state index contributed by atoms with van der Waals surface area (Å²) in [6, 6.07) is 5.80. The Morgan fingerprint density at radius 3 is 2.35 bits per heavy atom. The van der Waals surface area contributed by atoms with E-state index in [2.05, 4.69) is 15.6 Å². The zero-order chi connectivity index (χ0) is 19.1. The number of nitrogens with one attached hydrogen (secondary N) is 2. The molecule has 138 valence electrons. The van der Waals surface area contributed by atoms with E-state index in [1.165, 1.54) is 18.2 Å². The van der Waals surface area contributed by atoms with Crippen molar-refractivity contribution in [2.24, 2.45) is 0 Å². The Bertz CT molecular complexity index is 812. The number of unbranched alkanes of at least 4 members (excludes halogenated alkanes) is 2. The summed E-state index contributed by atoms with van der Waals surface area (Å²) >= 11 is 0. The third-order valence-electron chi connectivity index (χ3n) is 3.56. The molecule has 0 unspecified atom stereocenters. The van der Waals surface area contributed by atoms with Gasteiger partial charge in [0, 0.05) is 6.54 Å². The fourth-order valence-electron chi connectivity index (χ4n) is 2.16. The topological polar surface area (TPSA) is 71.1 Å². The van der Waals surface area contributed by atoms with E-state index in [1.807, 2.05) is 6.92 Å². The summed E-state index contributed by atoms with van der Waals surface area (Å²) in [6.45, 7) is 2.53. The highest BCUT2D eigenvalue weighted by Crippen LogP contribution is 2.20. The minimum atomic E-state index is -1.68. The Kier molecular flexibility index (Phi) is 6.71. The van der Waals surface area contributed by atoms with Crippen LogP contribution in [0.2, 0.25) is 0 Å². The van der Waals surface area contributed by atoms with Crippen molar-refractivity contribution >= 4 is 17.5 Å². The zero-order valence-corrected chi connectivity index (χ0v) is 14.1. The van der Waals surface area contributed by atoms with Crippen LogP contribution >= 0.6 is 0 Å². The van der Waals surface area contributed by atoms with E-state index in [4.69, 9.17) is 0 Å². The number of carbonyl (C=O) groups excluding carboxylic acids is 2. The van der Waals surface area contributed by atoms with Crippen LogP contribution in [-0.4, -0.2) is 23.3 Å². The van der Waals surface area contributed by atoms with E-state index in [9.17, 15) is 22.8 Å². The number of aromatic nitrogens is 1. The number of carbonyl (C=O) groups is 2. The van der Waals surface area contributed by atoms with Crippen LogP contribution in [-0.2, 0) is 0 Å². The van der Waals surface area contributed by atoms with Gasteiger partial charge in [0.2, 0.25) is 0 Å². The molecule has 0 saturated carbocycles. The molecule has 26 heavy (non-hydrogen) atoms. The fourth-order valence-corrected chi connectivity index (χ4v) is 2.16. The number of halogens is 3. The maximum absolute atomic E-state index is 13.6. The summed E-state index contributed by atoms with van der Waals surface area (Å²) in [7, 11) is 0. The van der Waals surface area contributed by atoms with Crippen molar-refractivity contribution in [2.75, 3.05) is 11.9 Å². The van der Waals surface area contributed by atoms with Gasteiger partial charge in [0.15, 0.2) is 17.5 Å². The molecular formula is C18H18F3N3O2. The van der Waals surface area contributed by atoms with Crippen LogP contribution in [0.1, 0.15) is 47.2 Å². The molecule has 2 rings (SSSR count). The lowest BCUT2D eigenvalue weighted by atomic mass is 10.2. The number of rotatable bonds is 7. The van der Waals surface area contributed by atoms with Crippen molar-refractivity contribution in [1.82, 2.24) is 10.3 Å². The minimum absolute atomic E-state index is 0.0277. The SMILES string of the molecule is CCCCCNC(=O)c1cccc(C(=O)Nc2ccc(F)c(F)c2F)n1. The van der Waals surface area contributed by atoms with Crippen LogP contribution in [0, 0.1) is 17.5 Å². The van der Waals surface area contributed by atoms with Crippen LogP contribution in [0.3, 0.4) is 0 Å². The second-order valence-electron chi connectivity index (χ2n) is 5.55. The number of hydrogen-bond acceptors (Lipinski definition) is 3. The molecule has 0 fully saturated rings. The molecule has 0 aliphatic carbocycles. The first-order valence-corrected chi connectivity index (χ1v) is 8.14. The molecule has 1 heterocycles. The van der Waals surface area contributed by atoms with E-state index in [0.29, 0.717) is 12.6 Å². The third-order valence-corrected chi connectivity index (χ3v) is 3.56. The number of amides is 2. The first-order valence-electron chi connectivity index (χ1n) is 8.14. The lowest BCUT2D eigenvalue weighted by Crippen LogP contribution is -2.26. The molecule has 8 heteroatoms. The van der Waals surface area contributed by atoms with E-state index >= 15 is 0 Å². The van der Waals surface area contributed by atoms with Gasteiger partial charge in [0.25, 0.3) is 11.8 Å². The van der Waals surface area contributed by atoms with E-state index in [0.717, 1.165) is 25.3 Å². The molecule has 2 N–H and O–H groups in total. The molecule has 0 aliphatic heterocycles. The third kappa shape index (κ3) is 4.81. The summed E-state index contributed by atoms with van der Waals surface area (Å²) < 4.78 is 39.8. The first kappa shape index (κ1) is 19.4.